The molecule has 0 saturated heterocycles. The topological polar surface area (TPSA) is 42.0 Å². The Bertz CT molecular complexity index is 570. The van der Waals surface area contributed by atoms with Crippen LogP contribution in [-0.4, -0.2) is 23.4 Å². The van der Waals surface area contributed by atoms with Crippen molar-refractivity contribution in [3.8, 4) is 0 Å². The van der Waals surface area contributed by atoms with Gasteiger partial charge in [-0.05, 0) is 38.6 Å². The van der Waals surface area contributed by atoms with E-state index in [4.69, 9.17) is 0 Å². The van der Waals surface area contributed by atoms with Gasteiger partial charge in [-0.25, -0.2) is 0 Å². The van der Waals surface area contributed by atoms with E-state index in [1.54, 1.807) is 6.20 Å². The van der Waals surface area contributed by atoms with Crippen LogP contribution in [-0.2, 0) is 11.2 Å². The van der Waals surface area contributed by atoms with Crippen molar-refractivity contribution < 1.29 is 4.79 Å². The van der Waals surface area contributed by atoms with Gasteiger partial charge in [-0.1, -0.05) is 18.2 Å². The quantitative estimate of drug-likeness (QED) is 0.894. The fraction of sp³-hybridized carbons (Fsp3) is 0.333. The molecule has 2 aromatic rings. The molecule has 0 spiro atoms. The van der Waals surface area contributed by atoms with Crippen molar-refractivity contribution in [3.63, 3.8) is 0 Å². The van der Waals surface area contributed by atoms with Crippen LogP contribution in [0.1, 0.15) is 19.4 Å². The molecule has 1 aromatic carbocycles. The second-order valence-electron chi connectivity index (χ2n) is 4.96. The van der Waals surface area contributed by atoms with E-state index >= 15 is 0 Å². The van der Waals surface area contributed by atoms with Crippen LogP contribution in [0.2, 0.25) is 0 Å². The summed E-state index contributed by atoms with van der Waals surface area (Å²) in [5, 5.41) is 4.10. The minimum atomic E-state index is -0.496. The smallest absolute Gasteiger partial charge is 0.156 e. The number of pyridine rings is 1. The summed E-state index contributed by atoms with van der Waals surface area (Å²) in [6.07, 6.45) is 2.19. The molecule has 1 aromatic heterocycles. The Hall–Kier alpha value is -1.74. The average molecular weight is 242 g/mol. The van der Waals surface area contributed by atoms with Gasteiger partial charge in [0.05, 0.1) is 11.1 Å². The van der Waals surface area contributed by atoms with Crippen molar-refractivity contribution in [2.45, 2.75) is 25.8 Å². The first-order valence-corrected chi connectivity index (χ1v) is 6.09. The lowest BCUT2D eigenvalue weighted by molar-refractivity contribution is -0.123. The number of hydrogen-bond acceptors (Lipinski definition) is 3. The fourth-order valence-corrected chi connectivity index (χ4v) is 1.84. The van der Waals surface area contributed by atoms with Crippen LogP contribution in [0, 0.1) is 0 Å². The Morgan fingerprint density at radius 2 is 2.00 bits per heavy atom. The molecular weight excluding hydrogens is 224 g/mol. The van der Waals surface area contributed by atoms with Crippen LogP contribution in [0.3, 0.4) is 0 Å². The molecule has 0 aliphatic heterocycles. The number of aromatic nitrogens is 1. The van der Waals surface area contributed by atoms with Crippen LogP contribution < -0.4 is 5.32 Å². The number of benzene rings is 1. The van der Waals surface area contributed by atoms with Gasteiger partial charge in [0.1, 0.15) is 0 Å². The summed E-state index contributed by atoms with van der Waals surface area (Å²) < 4.78 is 0. The summed E-state index contributed by atoms with van der Waals surface area (Å²) in [6, 6.07) is 9.83. The highest BCUT2D eigenvalue weighted by Gasteiger charge is 2.25. The third-order valence-electron chi connectivity index (χ3n) is 3.41. The Labute approximate surface area is 107 Å². The van der Waals surface area contributed by atoms with Crippen LogP contribution in [0.4, 0.5) is 0 Å². The van der Waals surface area contributed by atoms with E-state index in [-0.39, 0.29) is 5.78 Å². The third kappa shape index (κ3) is 2.41. The molecule has 0 aliphatic rings. The van der Waals surface area contributed by atoms with Crippen molar-refractivity contribution >= 4 is 16.7 Å². The highest BCUT2D eigenvalue weighted by Crippen LogP contribution is 2.18. The highest BCUT2D eigenvalue weighted by molar-refractivity contribution is 5.93. The summed E-state index contributed by atoms with van der Waals surface area (Å²) in [5.74, 6) is 0.182. The number of Topliss-reactive ketones (excluding diaryl/α,β-unsaturated/α-hetero) is 1. The lowest BCUT2D eigenvalue weighted by Gasteiger charge is -2.22. The molecule has 0 aliphatic carbocycles. The standard InChI is InChI=1S/C15H18N2O/c1-15(2,16-3)14(18)10-11-8-9-17-13-7-5-4-6-12(11)13/h4-9,16H,10H2,1-3H3. The maximum absolute atomic E-state index is 12.2. The van der Waals surface area contributed by atoms with E-state index in [2.05, 4.69) is 10.3 Å². The van der Waals surface area contributed by atoms with E-state index in [1.165, 1.54) is 0 Å². The zero-order valence-electron chi connectivity index (χ0n) is 11.0. The first-order valence-electron chi connectivity index (χ1n) is 6.09. The minimum Gasteiger partial charge on any atom is -0.308 e. The number of para-hydroxylation sites is 1. The number of ketones is 1. The summed E-state index contributed by atoms with van der Waals surface area (Å²) in [5.41, 5.74) is 1.48. The number of carbonyl (C=O) groups excluding carboxylic acids is 1. The van der Waals surface area contributed by atoms with Gasteiger partial charge in [0.2, 0.25) is 0 Å². The molecule has 1 N–H and O–H groups in total. The van der Waals surface area contributed by atoms with Crippen LogP contribution in [0.25, 0.3) is 10.9 Å². The Kier molecular flexibility index (Phi) is 3.43. The molecule has 0 fully saturated rings. The largest absolute Gasteiger partial charge is 0.308 e. The van der Waals surface area contributed by atoms with Crippen molar-refractivity contribution in [1.29, 1.82) is 0 Å². The zero-order chi connectivity index (χ0) is 13.2. The molecule has 0 saturated carbocycles. The minimum absolute atomic E-state index is 0.182. The predicted molar refractivity (Wildman–Crippen MR) is 73.6 cm³/mol. The fourth-order valence-electron chi connectivity index (χ4n) is 1.84. The highest BCUT2D eigenvalue weighted by atomic mass is 16.1. The van der Waals surface area contributed by atoms with E-state index < -0.39 is 5.54 Å². The van der Waals surface area contributed by atoms with Crippen molar-refractivity contribution in [3.05, 3.63) is 42.1 Å². The summed E-state index contributed by atoms with van der Waals surface area (Å²) in [7, 11) is 1.81. The predicted octanol–water partition coefficient (Wildman–Crippen LogP) is 2.34. The summed E-state index contributed by atoms with van der Waals surface area (Å²) >= 11 is 0. The van der Waals surface area contributed by atoms with Gasteiger partial charge in [-0.2, -0.15) is 0 Å². The van der Waals surface area contributed by atoms with Gasteiger partial charge >= 0.3 is 0 Å². The third-order valence-corrected chi connectivity index (χ3v) is 3.41. The van der Waals surface area contributed by atoms with Gasteiger partial charge in [0.25, 0.3) is 0 Å². The molecule has 3 nitrogen and oxygen atoms in total. The molecule has 0 radical (unpaired) electrons. The molecule has 2 rings (SSSR count). The maximum atomic E-state index is 12.2. The maximum Gasteiger partial charge on any atom is 0.156 e. The van der Waals surface area contributed by atoms with Gasteiger partial charge in [-0.15, -0.1) is 0 Å². The molecule has 0 bridgehead atoms. The SMILES string of the molecule is CNC(C)(C)C(=O)Cc1ccnc2ccccc12. The van der Waals surface area contributed by atoms with Crippen LogP contribution in [0.5, 0.6) is 0 Å². The van der Waals surface area contributed by atoms with E-state index in [9.17, 15) is 4.79 Å². The Morgan fingerprint density at radius 1 is 1.28 bits per heavy atom. The lowest BCUT2D eigenvalue weighted by Crippen LogP contribution is -2.45. The van der Waals surface area contributed by atoms with Crippen LogP contribution in [0.15, 0.2) is 36.5 Å². The van der Waals surface area contributed by atoms with Crippen molar-refractivity contribution in [1.82, 2.24) is 10.3 Å². The number of hydrogen-bond donors (Lipinski definition) is 1. The Morgan fingerprint density at radius 3 is 2.72 bits per heavy atom. The van der Waals surface area contributed by atoms with Gasteiger partial charge in [0, 0.05) is 18.0 Å². The van der Waals surface area contributed by atoms with E-state index in [1.807, 2.05) is 51.2 Å². The number of fused-ring (bicyclic) bond motifs is 1. The number of carbonyl (C=O) groups is 1. The number of nitrogens with zero attached hydrogens (tertiary/aromatic N) is 1. The van der Waals surface area contributed by atoms with Crippen molar-refractivity contribution in [2.75, 3.05) is 7.05 Å². The molecule has 0 unspecified atom stereocenters. The summed E-state index contributed by atoms with van der Waals surface area (Å²) in [6.45, 7) is 3.80. The molecule has 1 heterocycles. The summed E-state index contributed by atoms with van der Waals surface area (Å²) in [4.78, 5) is 16.5. The second-order valence-corrected chi connectivity index (χ2v) is 4.96. The molecule has 0 amide bonds. The number of nitrogens with one attached hydrogen (secondary N) is 1. The normalized spacial score (nSPS) is 11.7. The number of likely N-dealkylation sites (N-methyl/N-ethyl adjacent to an activating group) is 1. The number of rotatable bonds is 4. The molecule has 94 valence electrons. The van der Waals surface area contributed by atoms with E-state index in [0.717, 1.165) is 16.5 Å². The zero-order valence-corrected chi connectivity index (χ0v) is 11.0. The monoisotopic (exact) mass is 242 g/mol. The van der Waals surface area contributed by atoms with Gasteiger partial charge in [0.15, 0.2) is 5.78 Å². The van der Waals surface area contributed by atoms with Gasteiger partial charge < -0.3 is 5.32 Å². The molecule has 3 heteroatoms. The first kappa shape index (κ1) is 12.7. The second kappa shape index (κ2) is 4.86. The van der Waals surface area contributed by atoms with Crippen LogP contribution >= 0.6 is 0 Å². The van der Waals surface area contributed by atoms with Gasteiger partial charge in [-0.3, -0.25) is 9.78 Å². The Balaban J connectivity index is 2.36. The molecule has 18 heavy (non-hydrogen) atoms. The molecular formula is C15H18N2O. The average Bonchev–Trinajstić information content (AvgIpc) is 2.39. The molecule has 0 atom stereocenters. The van der Waals surface area contributed by atoms with Crippen molar-refractivity contribution in [2.24, 2.45) is 0 Å². The first-order chi connectivity index (χ1) is 8.54. The van der Waals surface area contributed by atoms with E-state index in [0.29, 0.717) is 6.42 Å². The lowest BCUT2D eigenvalue weighted by atomic mass is 9.92.